The highest BCUT2D eigenvalue weighted by Crippen LogP contribution is 2.57. The van der Waals surface area contributed by atoms with Gasteiger partial charge in [-0.15, -0.1) is 9.13 Å². The first-order chi connectivity index (χ1) is 21.8. The Morgan fingerprint density at radius 1 is 0.477 bits per heavy atom. The standard InChI is InChI=1S/C39H20N4O/c1-3-11-25-21(7-1)19-29-23-9-5-17-40-37(23)33-27(42(25)29)13-15-31-35(33)39(40)36-32(44-31)16-14-28-34(36)38-24(10-6-18-41(38)39)30-20-22-8-2-4-12-26(22)43(28)30/h1-20H/q+2. The van der Waals surface area contributed by atoms with Gasteiger partial charge >= 0.3 is 5.66 Å². The second kappa shape index (κ2) is 6.36. The molecule has 0 aliphatic carbocycles. The Kier molecular flexibility index (Phi) is 3.01. The van der Waals surface area contributed by atoms with Crippen LogP contribution in [0.15, 0.2) is 122 Å². The molecule has 0 radical (unpaired) electrons. The first kappa shape index (κ1) is 20.9. The topological polar surface area (TPSA) is 25.8 Å². The van der Waals surface area contributed by atoms with Crippen LogP contribution in [-0.4, -0.2) is 8.80 Å². The van der Waals surface area contributed by atoms with Gasteiger partial charge in [0.2, 0.25) is 11.0 Å². The van der Waals surface area contributed by atoms with E-state index >= 15 is 0 Å². The van der Waals surface area contributed by atoms with Crippen LogP contribution in [-0.2, 0) is 5.66 Å². The van der Waals surface area contributed by atoms with Gasteiger partial charge in [-0.1, -0.05) is 36.4 Å². The third-order valence-electron chi connectivity index (χ3n) is 10.8. The molecule has 1 spiro atoms. The van der Waals surface area contributed by atoms with Crippen molar-refractivity contribution in [2.45, 2.75) is 5.66 Å². The first-order valence-corrected chi connectivity index (χ1v) is 15.2. The molecule has 44 heavy (non-hydrogen) atoms. The highest BCUT2D eigenvalue weighted by molar-refractivity contribution is 6.19. The minimum Gasteiger partial charge on any atom is -0.456 e. The molecule has 0 bridgehead atoms. The van der Waals surface area contributed by atoms with E-state index in [1.54, 1.807) is 0 Å². The van der Waals surface area contributed by atoms with Crippen LogP contribution in [0.1, 0.15) is 11.1 Å². The Labute approximate surface area is 248 Å². The molecule has 3 aliphatic heterocycles. The van der Waals surface area contributed by atoms with Crippen molar-refractivity contribution < 1.29 is 13.9 Å². The molecule has 5 nitrogen and oxygen atoms in total. The lowest BCUT2D eigenvalue weighted by atomic mass is 9.87. The molecule has 0 saturated heterocycles. The molecule has 0 fully saturated rings. The largest absolute Gasteiger partial charge is 0.456 e. The molecule has 0 unspecified atom stereocenters. The van der Waals surface area contributed by atoms with Gasteiger partial charge in [0.1, 0.15) is 11.5 Å². The number of nitrogens with zero attached hydrogens (tertiary/aromatic N) is 4. The molecule has 0 saturated carbocycles. The number of benzene rings is 4. The summed E-state index contributed by atoms with van der Waals surface area (Å²) in [7, 11) is 0. The molecule has 3 aliphatic rings. The van der Waals surface area contributed by atoms with Gasteiger partial charge in [-0.2, -0.15) is 0 Å². The van der Waals surface area contributed by atoms with Gasteiger partial charge in [-0.25, -0.2) is 0 Å². The summed E-state index contributed by atoms with van der Waals surface area (Å²) in [5.74, 6) is 1.86. The maximum Gasteiger partial charge on any atom is 0.425 e. The predicted octanol–water partition coefficient (Wildman–Crippen LogP) is 7.72. The van der Waals surface area contributed by atoms with Crippen LogP contribution in [0.3, 0.4) is 0 Å². The maximum absolute atomic E-state index is 6.92. The average molecular weight is 561 g/mol. The molecule has 200 valence electrons. The summed E-state index contributed by atoms with van der Waals surface area (Å²) in [6.07, 6.45) is 4.58. The van der Waals surface area contributed by atoms with E-state index in [0.717, 1.165) is 11.5 Å². The fourth-order valence-corrected chi connectivity index (χ4v) is 9.41. The lowest BCUT2D eigenvalue weighted by molar-refractivity contribution is -0.945. The zero-order valence-corrected chi connectivity index (χ0v) is 23.2. The van der Waals surface area contributed by atoms with E-state index in [-0.39, 0.29) is 0 Å². The zero-order valence-electron chi connectivity index (χ0n) is 23.2. The molecular formula is C39H20N4O+2. The lowest BCUT2D eigenvalue weighted by Gasteiger charge is -2.26. The summed E-state index contributed by atoms with van der Waals surface area (Å²) in [4.78, 5) is 0. The van der Waals surface area contributed by atoms with Gasteiger partial charge < -0.3 is 13.5 Å². The first-order valence-electron chi connectivity index (χ1n) is 15.2. The predicted molar refractivity (Wildman–Crippen MR) is 172 cm³/mol. The molecule has 0 atom stereocenters. The minimum absolute atomic E-state index is 0.601. The smallest absolute Gasteiger partial charge is 0.425 e. The summed E-state index contributed by atoms with van der Waals surface area (Å²) >= 11 is 0. The number of fused-ring (bicyclic) bond motifs is 10. The quantitative estimate of drug-likeness (QED) is 0.138. The van der Waals surface area contributed by atoms with Gasteiger partial charge in [0.25, 0.3) is 0 Å². The normalized spacial score (nSPS) is 15.2. The van der Waals surface area contributed by atoms with Gasteiger partial charge in [-0.3, -0.25) is 0 Å². The van der Waals surface area contributed by atoms with Crippen LogP contribution in [0.4, 0.5) is 0 Å². The summed E-state index contributed by atoms with van der Waals surface area (Å²) < 4.78 is 16.9. The molecule has 4 aromatic carbocycles. The van der Waals surface area contributed by atoms with Gasteiger partial charge in [0.05, 0.1) is 54.6 Å². The SMILES string of the molecule is c1ccc2c(c1)cc1c3ccc[n+]4c3c3c5c(ccc3n21)Oc1ccc2c3c1C54[n+]1cccc(c4cc5ccccc5n42)c31. The number of hydrogen-bond donors (Lipinski definition) is 0. The van der Waals surface area contributed by atoms with Crippen LogP contribution in [0.5, 0.6) is 11.5 Å². The van der Waals surface area contributed by atoms with Crippen molar-refractivity contribution in [1.82, 2.24) is 8.80 Å². The van der Waals surface area contributed by atoms with E-state index in [9.17, 15) is 0 Å². The molecule has 9 heterocycles. The van der Waals surface area contributed by atoms with Crippen LogP contribution in [0.25, 0.3) is 76.5 Å². The highest BCUT2D eigenvalue weighted by atomic mass is 16.5. The van der Waals surface area contributed by atoms with Crippen LogP contribution in [0.2, 0.25) is 0 Å². The molecule has 0 N–H and O–H groups in total. The monoisotopic (exact) mass is 560 g/mol. The van der Waals surface area contributed by atoms with Crippen molar-refractivity contribution in [3.05, 3.63) is 133 Å². The third-order valence-corrected chi connectivity index (χ3v) is 10.8. The van der Waals surface area contributed by atoms with Crippen LogP contribution >= 0.6 is 0 Å². The Bertz CT molecular complexity index is 2880. The Hall–Kier alpha value is -5.94. The van der Waals surface area contributed by atoms with E-state index in [2.05, 4.69) is 140 Å². The fourth-order valence-electron chi connectivity index (χ4n) is 9.41. The van der Waals surface area contributed by atoms with E-state index in [1.807, 2.05) is 0 Å². The molecule has 0 amide bonds. The van der Waals surface area contributed by atoms with E-state index in [4.69, 9.17) is 4.74 Å². The maximum atomic E-state index is 6.92. The summed E-state index contributed by atoms with van der Waals surface area (Å²) in [6.45, 7) is 0. The van der Waals surface area contributed by atoms with Crippen molar-refractivity contribution in [3.63, 3.8) is 0 Å². The van der Waals surface area contributed by atoms with Crippen molar-refractivity contribution in [1.29, 1.82) is 0 Å². The van der Waals surface area contributed by atoms with Gasteiger partial charge in [0, 0.05) is 22.9 Å². The minimum atomic E-state index is -0.601. The summed E-state index contributed by atoms with van der Waals surface area (Å²) in [5.41, 5.74) is 11.7. The average Bonchev–Trinajstić information content (AvgIpc) is 3.82. The molecule has 13 rings (SSSR count). The summed E-state index contributed by atoms with van der Waals surface area (Å²) in [6, 6.07) is 40.1. The molecule has 5 heteroatoms. The number of aromatic nitrogens is 4. The fraction of sp³-hybridized carbons (Fsp3) is 0.0256. The zero-order chi connectivity index (χ0) is 28.1. The summed E-state index contributed by atoms with van der Waals surface area (Å²) in [5, 5.41) is 7.55. The Balaban J connectivity index is 1.34. The number of hydrogen-bond acceptors (Lipinski definition) is 1. The van der Waals surface area contributed by atoms with Gasteiger partial charge in [0.15, 0.2) is 23.5 Å². The van der Waals surface area contributed by atoms with Crippen molar-refractivity contribution in [3.8, 4) is 11.5 Å². The highest BCUT2D eigenvalue weighted by Gasteiger charge is 2.69. The Morgan fingerprint density at radius 3 is 1.50 bits per heavy atom. The Morgan fingerprint density at radius 2 is 0.977 bits per heavy atom. The van der Waals surface area contributed by atoms with Crippen molar-refractivity contribution in [2.24, 2.45) is 0 Å². The lowest BCUT2D eigenvalue weighted by Crippen LogP contribution is -2.72. The third kappa shape index (κ3) is 1.87. The molecular weight excluding hydrogens is 540 g/mol. The number of para-hydroxylation sites is 2. The van der Waals surface area contributed by atoms with Crippen LogP contribution < -0.4 is 13.9 Å². The second-order valence-corrected chi connectivity index (χ2v) is 12.6. The van der Waals surface area contributed by atoms with E-state index < -0.39 is 5.66 Å². The number of rotatable bonds is 0. The van der Waals surface area contributed by atoms with Crippen LogP contribution in [0, 0.1) is 0 Å². The van der Waals surface area contributed by atoms with E-state index in [0.29, 0.717) is 0 Å². The molecule has 10 aromatic rings. The second-order valence-electron chi connectivity index (χ2n) is 12.6. The van der Waals surface area contributed by atoms with Gasteiger partial charge in [-0.05, 0) is 60.7 Å². The van der Waals surface area contributed by atoms with Crippen molar-refractivity contribution >= 4 is 76.5 Å². The molecule has 6 aromatic heterocycles. The number of ether oxygens (including phenoxy) is 1. The van der Waals surface area contributed by atoms with Crippen molar-refractivity contribution in [2.75, 3.05) is 0 Å². The number of pyridine rings is 4. The van der Waals surface area contributed by atoms with E-state index in [1.165, 1.54) is 87.6 Å².